The Morgan fingerprint density at radius 2 is 2.24 bits per heavy atom. The molecule has 0 radical (unpaired) electrons. The quantitative estimate of drug-likeness (QED) is 0.812. The summed E-state index contributed by atoms with van der Waals surface area (Å²) < 4.78 is 10.6. The molecule has 21 heavy (non-hydrogen) atoms. The number of rotatable bonds is 6. The molecule has 6 nitrogen and oxygen atoms in total. The summed E-state index contributed by atoms with van der Waals surface area (Å²) in [6, 6.07) is 0.225. The second kappa shape index (κ2) is 7.24. The number of carbonyl (C=O) groups is 1. The van der Waals surface area contributed by atoms with Gasteiger partial charge in [0.2, 0.25) is 5.88 Å². The molecule has 1 aromatic rings. The van der Waals surface area contributed by atoms with Crippen LogP contribution in [-0.4, -0.2) is 34.7 Å². The lowest BCUT2D eigenvalue weighted by molar-refractivity contribution is -0.147. The lowest BCUT2D eigenvalue weighted by Gasteiger charge is -2.14. The van der Waals surface area contributed by atoms with Crippen LogP contribution in [-0.2, 0) is 9.53 Å². The number of hydrogen-bond acceptors (Lipinski definition) is 6. The van der Waals surface area contributed by atoms with E-state index in [4.69, 9.17) is 9.47 Å². The fraction of sp³-hybridized carbons (Fsp3) is 0.667. The molecule has 0 spiro atoms. The first-order chi connectivity index (χ1) is 10.1. The maximum Gasteiger partial charge on any atom is 0.308 e. The summed E-state index contributed by atoms with van der Waals surface area (Å²) in [5, 5.41) is 3.32. The largest absolute Gasteiger partial charge is 0.474 e. The Hall–Kier alpha value is -1.85. The molecule has 1 saturated carbocycles. The fourth-order valence-corrected chi connectivity index (χ4v) is 2.51. The van der Waals surface area contributed by atoms with Gasteiger partial charge in [-0.15, -0.1) is 0 Å². The van der Waals surface area contributed by atoms with E-state index in [1.165, 1.54) is 0 Å². The van der Waals surface area contributed by atoms with E-state index in [9.17, 15) is 4.79 Å². The van der Waals surface area contributed by atoms with Crippen LogP contribution in [0.2, 0.25) is 0 Å². The van der Waals surface area contributed by atoms with E-state index in [-0.39, 0.29) is 24.0 Å². The topological polar surface area (TPSA) is 73.3 Å². The smallest absolute Gasteiger partial charge is 0.308 e. The number of carbonyl (C=O) groups excluding carboxylic acids is 1. The van der Waals surface area contributed by atoms with Gasteiger partial charge in [-0.3, -0.25) is 9.78 Å². The fourth-order valence-electron chi connectivity index (χ4n) is 2.51. The van der Waals surface area contributed by atoms with Gasteiger partial charge in [-0.2, -0.15) is 4.98 Å². The SMILES string of the molecule is CCOC(=O)C1CCC(Nc2cncc(OC(C)C)n2)C1. The highest BCUT2D eigenvalue weighted by Gasteiger charge is 2.31. The Morgan fingerprint density at radius 1 is 1.43 bits per heavy atom. The minimum atomic E-state index is -0.0928. The molecule has 0 saturated heterocycles. The van der Waals surface area contributed by atoms with Crippen LogP contribution >= 0.6 is 0 Å². The van der Waals surface area contributed by atoms with Gasteiger partial charge in [-0.25, -0.2) is 0 Å². The molecule has 2 unspecified atom stereocenters. The molecule has 0 aromatic carbocycles. The van der Waals surface area contributed by atoms with Crippen LogP contribution in [0.1, 0.15) is 40.0 Å². The molecule has 2 rings (SSSR count). The van der Waals surface area contributed by atoms with Crippen LogP contribution in [0.4, 0.5) is 5.82 Å². The van der Waals surface area contributed by atoms with Gasteiger partial charge in [-0.1, -0.05) is 0 Å². The first-order valence-electron chi connectivity index (χ1n) is 7.50. The molecular weight excluding hydrogens is 270 g/mol. The zero-order chi connectivity index (χ0) is 15.2. The third-order valence-corrected chi connectivity index (χ3v) is 3.37. The van der Waals surface area contributed by atoms with Crippen molar-refractivity contribution in [2.24, 2.45) is 5.92 Å². The van der Waals surface area contributed by atoms with E-state index in [1.807, 2.05) is 20.8 Å². The summed E-state index contributed by atoms with van der Waals surface area (Å²) >= 11 is 0. The van der Waals surface area contributed by atoms with Gasteiger partial charge in [0.15, 0.2) is 0 Å². The van der Waals surface area contributed by atoms with E-state index in [2.05, 4.69) is 15.3 Å². The Morgan fingerprint density at radius 3 is 2.95 bits per heavy atom. The zero-order valence-corrected chi connectivity index (χ0v) is 12.8. The second-order valence-electron chi connectivity index (χ2n) is 5.51. The molecule has 1 fully saturated rings. The van der Waals surface area contributed by atoms with Gasteiger partial charge in [0.05, 0.1) is 31.0 Å². The van der Waals surface area contributed by atoms with Crippen molar-refractivity contribution in [1.82, 2.24) is 9.97 Å². The van der Waals surface area contributed by atoms with Crippen LogP contribution in [0.15, 0.2) is 12.4 Å². The number of anilines is 1. The van der Waals surface area contributed by atoms with Crippen molar-refractivity contribution in [3.63, 3.8) is 0 Å². The molecule has 6 heteroatoms. The summed E-state index contributed by atoms with van der Waals surface area (Å²) in [5.41, 5.74) is 0. The maximum atomic E-state index is 11.7. The van der Waals surface area contributed by atoms with Crippen LogP contribution in [0.5, 0.6) is 5.88 Å². The van der Waals surface area contributed by atoms with E-state index in [0.717, 1.165) is 19.3 Å². The Kier molecular flexibility index (Phi) is 5.36. The second-order valence-corrected chi connectivity index (χ2v) is 5.51. The van der Waals surface area contributed by atoms with Gasteiger partial charge < -0.3 is 14.8 Å². The van der Waals surface area contributed by atoms with Crippen molar-refractivity contribution < 1.29 is 14.3 Å². The van der Waals surface area contributed by atoms with Gasteiger partial charge >= 0.3 is 5.97 Å². The average Bonchev–Trinajstić information content (AvgIpc) is 2.87. The van der Waals surface area contributed by atoms with E-state index in [1.54, 1.807) is 12.4 Å². The first-order valence-corrected chi connectivity index (χ1v) is 7.50. The maximum absolute atomic E-state index is 11.7. The van der Waals surface area contributed by atoms with Gasteiger partial charge in [0.1, 0.15) is 5.82 Å². The van der Waals surface area contributed by atoms with Gasteiger partial charge in [-0.05, 0) is 40.0 Å². The van der Waals surface area contributed by atoms with Crippen molar-refractivity contribution in [2.45, 2.75) is 52.2 Å². The molecule has 2 atom stereocenters. The lowest BCUT2D eigenvalue weighted by Crippen LogP contribution is -2.20. The normalized spacial score (nSPS) is 21.3. The molecule has 1 aliphatic carbocycles. The highest BCUT2D eigenvalue weighted by atomic mass is 16.5. The highest BCUT2D eigenvalue weighted by Crippen LogP contribution is 2.28. The third-order valence-electron chi connectivity index (χ3n) is 3.37. The van der Waals surface area contributed by atoms with Crippen molar-refractivity contribution >= 4 is 11.8 Å². The van der Waals surface area contributed by atoms with E-state index in [0.29, 0.717) is 18.3 Å². The van der Waals surface area contributed by atoms with Crippen molar-refractivity contribution in [3.8, 4) is 5.88 Å². The number of nitrogens with one attached hydrogen (secondary N) is 1. The monoisotopic (exact) mass is 293 g/mol. The molecule has 0 aliphatic heterocycles. The van der Waals surface area contributed by atoms with E-state index < -0.39 is 0 Å². The molecule has 116 valence electrons. The average molecular weight is 293 g/mol. The number of nitrogens with zero attached hydrogens (tertiary/aromatic N) is 2. The van der Waals surface area contributed by atoms with Crippen LogP contribution in [0.3, 0.4) is 0 Å². The number of esters is 1. The van der Waals surface area contributed by atoms with Gasteiger partial charge in [0, 0.05) is 6.04 Å². The van der Waals surface area contributed by atoms with Crippen molar-refractivity contribution in [2.75, 3.05) is 11.9 Å². The number of aromatic nitrogens is 2. The van der Waals surface area contributed by atoms with Crippen LogP contribution < -0.4 is 10.1 Å². The number of ether oxygens (including phenoxy) is 2. The summed E-state index contributed by atoms with van der Waals surface area (Å²) in [4.78, 5) is 20.2. The zero-order valence-electron chi connectivity index (χ0n) is 12.8. The molecule has 0 amide bonds. The molecule has 1 aromatic heterocycles. The number of hydrogen-bond donors (Lipinski definition) is 1. The predicted molar refractivity (Wildman–Crippen MR) is 79.2 cm³/mol. The van der Waals surface area contributed by atoms with Crippen LogP contribution in [0.25, 0.3) is 0 Å². The summed E-state index contributed by atoms with van der Waals surface area (Å²) in [5.74, 6) is 1.09. The molecule has 0 bridgehead atoms. The Labute approximate surface area is 125 Å². The Balaban J connectivity index is 1.89. The minimum Gasteiger partial charge on any atom is -0.474 e. The highest BCUT2D eigenvalue weighted by molar-refractivity contribution is 5.73. The molecular formula is C15H23N3O3. The lowest BCUT2D eigenvalue weighted by atomic mass is 10.1. The predicted octanol–water partition coefficient (Wildman–Crippen LogP) is 2.41. The molecule has 1 heterocycles. The molecule has 1 N–H and O–H groups in total. The van der Waals surface area contributed by atoms with Crippen molar-refractivity contribution in [1.29, 1.82) is 0 Å². The standard InChI is InChI=1S/C15H23N3O3/c1-4-20-15(19)11-5-6-12(7-11)17-13-8-16-9-14(18-13)21-10(2)3/h8-12H,4-7H2,1-3H3,(H,17,18). The Bertz CT molecular complexity index is 479. The summed E-state index contributed by atoms with van der Waals surface area (Å²) in [6.07, 6.45) is 5.89. The first kappa shape index (κ1) is 15.5. The summed E-state index contributed by atoms with van der Waals surface area (Å²) in [7, 11) is 0. The van der Waals surface area contributed by atoms with E-state index >= 15 is 0 Å². The molecule has 1 aliphatic rings. The summed E-state index contributed by atoms with van der Waals surface area (Å²) in [6.45, 7) is 6.16. The minimum absolute atomic E-state index is 0.00879. The van der Waals surface area contributed by atoms with Gasteiger partial charge in [0.25, 0.3) is 0 Å². The third kappa shape index (κ3) is 4.58. The van der Waals surface area contributed by atoms with Crippen molar-refractivity contribution in [3.05, 3.63) is 12.4 Å². The van der Waals surface area contributed by atoms with Crippen LogP contribution in [0, 0.1) is 5.92 Å².